The fraction of sp³-hybridized carbons (Fsp3) is 0. The van der Waals surface area contributed by atoms with Gasteiger partial charge in [0.1, 0.15) is 11.3 Å². The van der Waals surface area contributed by atoms with Crippen LogP contribution < -0.4 is 10.2 Å². The molecule has 2 aromatic rings. The van der Waals surface area contributed by atoms with E-state index in [2.05, 4.69) is 5.32 Å². The Hall–Kier alpha value is -3.12. The number of nitrogens with zero attached hydrogens (tertiary/aromatic N) is 1. The number of halogens is 1. The molecule has 0 spiro atoms. The fourth-order valence-electron chi connectivity index (χ4n) is 2.15. The molecule has 2 heterocycles. The number of nitrogens with one attached hydrogen (secondary N) is 1. The minimum atomic E-state index is -0.820. The second-order valence-electron chi connectivity index (χ2n) is 4.83. The van der Waals surface area contributed by atoms with Gasteiger partial charge >= 0.3 is 6.03 Å². The Labute approximate surface area is 142 Å². The molecule has 4 amide bonds. The highest BCUT2D eigenvalue weighted by Gasteiger charge is 2.36. The van der Waals surface area contributed by atoms with Crippen LogP contribution >= 0.6 is 11.6 Å². The third-order valence-corrected chi connectivity index (χ3v) is 3.47. The van der Waals surface area contributed by atoms with Crippen molar-refractivity contribution in [2.45, 2.75) is 0 Å². The van der Waals surface area contributed by atoms with Crippen molar-refractivity contribution < 1.29 is 18.8 Å². The SMILES string of the molecule is O=C1NC(=O)N(c2cccc(Cl)c2)C(=O)/C1=C/C=C/c1ccco1. The van der Waals surface area contributed by atoms with E-state index in [1.807, 2.05) is 0 Å². The van der Waals surface area contributed by atoms with Crippen LogP contribution in [0.15, 0.2) is 64.8 Å². The maximum atomic E-state index is 12.5. The van der Waals surface area contributed by atoms with E-state index in [1.54, 1.807) is 36.4 Å². The molecule has 120 valence electrons. The predicted molar refractivity (Wildman–Crippen MR) is 88.3 cm³/mol. The van der Waals surface area contributed by atoms with Gasteiger partial charge in [-0.25, -0.2) is 9.69 Å². The Morgan fingerprint density at radius 3 is 2.67 bits per heavy atom. The summed E-state index contributed by atoms with van der Waals surface area (Å²) in [5.41, 5.74) is 0.107. The summed E-state index contributed by atoms with van der Waals surface area (Å²) >= 11 is 5.89. The second kappa shape index (κ2) is 6.55. The second-order valence-corrected chi connectivity index (χ2v) is 5.27. The lowest BCUT2D eigenvalue weighted by Crippen LogP contribution is -2.54. The standard InChI is InChI=1S/C17H11ClN2O4/c18-11-4-1-5-12(10-11)20-16(22)14(15(21)19-17(20)23)8-2-6-13-7-3-9-24-13/h1-10H,(H,19,21,23)/b6-2+,14-8+. The van der Waals surface area contributed by atoms with Crippen LogP contribution in [0.3, 0.4) is 0 Å². The van der Waals surface area contributed by atoms with Crippen molar-refractivity contribution in [2.24, 2.45) is 0 Å². The number of allylic oxidation sites excluding steroid dienone is 2. The van der Waals surface area contributed by atoms with Crippen molar-refractivity contribution in [3.63, 3.8) is 0 Å². The monoisotopic (exact) mass is 342 g/mol. The van der Waals surface area contributed by atoms with Crippen LogP contribution in [0.4, 0.5) is 10.5 Å². The maximum Gasteiger partial charge on any atom is 0.335 e. The van der Waals surface area contributed by atoms with Crippen LogP contribution in [0.5, 0.6) is 0 Å². The predicted octanol–water partition coefficient (Wildman–Crippen LogP) is 3.16. The minimum absolute atomic E-state index is 0.169. The molecule has 0 saturated carbocycles. The number of furan rings is 1. The molecular weight excluding hydrogens is 332 g/mol. The molecule has 1 aliphatic rings. The lowest BCUT2D eigenvalue weighted by molar-refractivity contribution is -0.122. The van der Waals surface area contributed by atoms with Gasteiger partial charge in [-0.2, -0.15) is 0 Å². The first kappa shape index (κ1) is 15.8. The van der Waals surface area contributed by atoms with E-state index in [1.165, 1.54) is 24.5 Å². The molecular formula is C17H11ClN2O4. The molecule has 0 radical (unpaired) electrons. The van der Waals surface area contributed by atoms with Gasteiger partial charge in [0.05, 0.1) is 12.0 Å². The molecule has 3 rings (SSSR count). The number of imide groups is 2. The van der Waals surface area contributed by atoms with Crippen molar-refractivity contribution in [2.75, 3.05) is 4.90 Å². The van der Waals surface area contributed by atoms with Crippen molar-refractivity contribution in [1.82, 2.24) is 5.32 Å². The normalized spacial score (nSPS) is 17.0. The molecule has 7 heteroatoms. The van der Waals surface area contributed by atoms with Gasteiger partial charge in [0.25, 0.3) is 11.8 Å². The Bertz CT molecular complexity index is 868. The highest BCUT2D eigenvalue weighted by atomic mass is 35.5. The zero-order valence-corrected chi connectivity index (χ0v) is 13.0. The van der Waals surface area contributed by atoms with E-state index >= 15 is 0 Å². The molecule has 24 heavy (non-hydrogen) atoms. The number of carbonyl (C=O) groups excluding carboxylic acids is 3. The third-order valence-electron chi connectivity index (χ3n) is 3.23. The van der Waals surface area contributed by atoms with E-state index in [0.29, 0.717) is 10.8 Å². The molecule has 1 aromatic carbocycles. The molecule has 1 aliphatic heterocycles. The van der Waals surface area contributed by atoms with Crippen LogP contribution in [0.2, 0.25) is 5.02 Å². The first-order valence-electron chi connectivity index (χ1n) is 6.93. The number of benzene rings is 1. The van der Waals surface area contributed by atoms with Gasteiger partial charge < -0.3 is 4.42 Å². The number of anilines is 1. The third kappa shape index (κ3) is 3.13. The highest BCUT2D eigenvalue weighted by molar-refractivity contribution is 6.38. The van der Waals surface area contributed by atoms with Gasteiger partial charge in [-0.1, -0.05) is 23.7 Å². The summed E-state index contributed by atoms with van der Waals surface area (Å²) in [6, 6.07) is 8.85. The topological polar surface area (TPSA) is 79.6 Å². The smallest absolute Gasteiger partial charge is 0.335 e. The zero-order chi connectivity index (χ0) is 17.1. The average Bonchev–Trinajstić information content (AvgIpc) is 3.03. The number of carbonyl (C=O) groups is 3. The van der Waals surface area contributed by atoms with Gasteiger partial charge in [-0.3, -0.25) is 14.9 Å². The molecule has 1 N–H and O–H groups in total. The Morgan fingerprint density at radius 2 is 1.96 bits per heavy atom. The van der Waals surface area contributed by atoms with Crippen molar-refractivity contribution in [3.8, 4) is 0 Å². The van der Waals surface area contributed by atoms with Gasteiger partial charge in [-0.05, 0) is 42.5 Å². The van der Waals surface area contributed by atoms with Crippen molar-refractivity contribution >= 4 is 41.2 Å². The molecule has 0 aliphatic carbocycles. The van der Waals surface area contributed by atoms with Crippen molar-refractivity contribution in [1.29, 1.82) is 0 Å². The molecule has 0 atom stereocenters. The lowest BCUT2D eigenvalue weighted by atomic mass is 10.1. The number of rotatable bonds is 3. The van der Waals surface area contributed by atoms with Crippen LogP contribution in [0.1, 0.15) is 5.76 Å². The van der Waals surface area contributed by atoms with Gasteiger partial charge in [0.15, 0.2) is 0 Å². The number of hydrogen-bond donors (Lipinski definition) is 1. The van der Waals surface area contributed by atoms with Gasteiger partial charge in [0, 0.05) is 5.02 Å². The minimum Gasteiger partial charge on any atom is -0.465 e. The molecule has 1 fully saturated rings. The molecule has 6 nitrogen and oxygen atoms in total. The van der Waals surface area contributed by atoms with Gasteiger partial charge in [0.2, 0.25) is 0 Å². The van der Waals surface area contributed by atoms with E-state index in [4.69, 9.17) is 16.0 Å². The van der Waals surface area contributed by atoms with E-state index in [0.717, 1.165) is 4.90 Å². The van der Waals surface area contributed by atoms with Gasteiger partial charge in [-0.15, -0.1) is 0 Å². The summed E-state index contributed by atoms with van der Waals surface area (Å²) in [6.07, 6.45) is 5.92. The van der Waals surface area contributed by atoms with Crippen LogP contribution in [0, 0.1) is 0 Å². The maximum absolute atomic E-state index is 12.5. The van der Waals surface area contributed by atoms with E-state index < -0.39 is 17.8 Å². The molecule has 0 unspecified atom stereocenters. The summed E-state index contributed by atoms with van der Waals surface area (Å²) in [6.45, 7) is 0. The highest BCUT2D eigenvalue weighted by Crippen LogP contribution is 2.23. The summed E-state index contributed by atoms with van der Waals surface area (Å²) in [5, 5.41) is 2.50. The largest absolute Gasteiger partial charge is 0.465 e. The summed E-state index contributed by atoms with van der Waals surface area (Å²) in [4.78, 5) is 37.3. The summed E-state index contributed by atoms with van der Waals surface area (Å²) in [5.74, 6) is -0.916. The fourth-order valence-corrected chi connectivity index (χ4v) is 2.34. The van der Waals surface area contributed by atoms with E-state index in [9.17, 15) is 14.4 Å². The Morgan fingerprint density at radius 1 is 1.12 bits per heavy atom. The van der Waals surface area contributed by atoms with Crippen LogP contribution in [-0.4, -0.2) is 17.8 Å². The molecule has 0 bridgehead atoms. The number of urea groups is 1. The Balaban J connectivity index is 1.91. The van der Waals surface area contributed by atoms with Crippen molar-refractivity contribution in [3.05, 3.63) is 71.2 Å². The first-order chi connectivity index (χ1) is 11.6. The average molecular weight is 343 g/mol. The zero-order valence-electron chi connectivity index (χ0n) is 12.2. The van der Waals surface area contributed by atoms with Crippen LogP contribution in [-0.2, 0) is 9.59 Å². The number of barbiturate groups is 1. The number of amides is 4. The van der Waals surface area contributed by atoms with E-state index in [-0.39, 0.29) is 11.3 Å². The lowest BCUT2D eigenvalue weighted by Gasteiger charge is -2.26. The first-order valence-corrected chi connectivity index (χ1v) is 7.31. The quantitative estimate of drug-likeness (QED) is 0.686. The Kier molecular flexibility index (Phi) is 4.31. The number of hydrogen-bond acceptors (Lipinski definition) is 4. The summed E-state index contributed by atoms with van der Waals surface area (Å²) < 4.78 is 5.12. The molecule has 1 aromatic heterocycles. The molecule has 1 saturated heterocycles. The van der Waals surface area contributed by atoms with Crippen LogP contribution in [0.25, 0.3) is 6.08 Å². The summed E-state index contributed by atoms with van der Waals surface area (Å²) in [7, 11) is 0.